The van der Waals surface area contributed by atoms with Crippen LogP contribution in [-0.2, 0) is 6.42 Å². The molecule has 1 aromatic carbocycles. The number of rotatable bonds is 4. The van der Waals surface area contributed by atoms with Gasteiger partial charge in [0.1, 0.15) is 0 Å². The van der Waals surface area contributed by atoms with E-state index in [0.717, 1.165) is 22.1 Å². The van der Waals surface area contributed by atoms with Crippen molar-refractivity contribution in [2.75, 3.05) is 6.54 Å². The van der Waals surface area contributed by atoms with E-state index < -0.39 is 0 Å². The predicted molar refractivity (Wildman–Crippen MR) is 80.0 cm³/mol. The van der Waals surface area contributed by atoms with E-state index in [2.05, 4.69) is 17.2 Å². The molecular formula is C14H14ClN3S. The highest BCUT2D eigenvalue weighted by Crippen LogP contribution is 2.23. The van der Waals surface area contributed by atoms with E-state index >= 15 is 0 Å². The van der Waals surface area contributed by atoms with Gasteiger partial charge in [0, 0.05) is 28.7 Å². The van der Waals surface area contributed by atoms with Crippen molar-refractivity contribution in [2.24, 2.45) is 5.73 Å². The first-order valence-corrected chi connectivity index (χ1v) is 7.38. The largest absolute Gasteiger partial charge is 0.330 e. The van der Waals surface area contributed by atoms with Crippen LogP contribution in [0, 0.1) is 0 Å². The molecule has 1 unspecified atom stereocenters. The first-order valence-electron chi connectivity index (χ1n) is 6.13. The Bertz CT molecular complexity index is 660. The Hall–Kier alpha value is -1.36. The Morgan fingerprint density at radius 3 is 3.05 bits per heavy atom. The summed E-state index contributed by atoms with van der Waals surface area (Å²) in [6, 6.07) is 7.90. The lowest BCUT2D eigenvalue weighted by Crippen LogP contribution is -2.15. The molecule has 3 aromatic rings. The zero-order valence-electron chi connectivity index (χ0n) is 10.3. The summed E-state index contributed by atoms with van der Waals surface area (Å²) >= 11 is 7.68. The van der Waals surface area contributed by atoms with Crippen molar-refractivity contribution in [2.45, 2.75) is 12.3 Å². The lowest BCUT2D eigenvalue weighted by atomic mass is 9.95. The van der Waals surface area contributed by atoms with Crippen LogP contribution in [0.2, 0.25) is 5.02 Å². The highest BCUT2D eigenvalue weighted by atomic mass is 35.5. The summed E-state index contributed by atoms with van der Waals surface area (Å²) in [7, 11) is 0. The number of benzene rings is 1. The van der Waals surface area contributed by atoms with Gasteiger partial charge < -0.3 is 5.73 Å². The van der Waals surface area contributed by atoms with Crippen molar-refractivity contribution in [3.63, 3.8) is 0 Å². The molecule has 0 fully saturated rings. The van der Waals surface area contributed by atoms with Gasteiger partial charge in [-0.3, -0.25) is 4.40 Å². The van der Waals surface area contributed by atoms with Gasteiger partial charge in [0.15, 0.2) is 4.96 Å². The van der Waals surface area contributed by atoms with Crippen LogP contribution in [0.3, 0.4) is 0 Å². The maximum atomic E-state index is 6.04. The normalized spacial score (nSPS) is 12.9. The van der Waals surface area contributed by atoms with Gasteiger partial charge in [-0.25, -0.2) is 4.98 Å². The van der Waals surface area contributed by atoms with Crippen molar-refractivity contribution < 1.29 is 0 Å². The molecule has 0 amide bonds. The quantitative estimate of drug-likeness (QED) is 0.801. The van der Waals surface area contributed by atoms with E-state index in [0.29, 0.717) is 6.54 Å². The van der Waals surface area contributed by atoms with Crippen molar-refractivity contribution in [1.29, 1.82) is 0 Å². The van der Waals surface area contributed by atoms with Crippen LogP contribution in [0.4, 0.5) is 0 Å². The van der Waals surface area contributed by atoms with Crippen LogP contribution in [0.1, 0.15) is 17.2 Å². The highest BCUT2D eigenvalue weighted by Gasteiger charge is 2.13. The van der Waals surface area contributed by atoms with Gasteiger partial charge in [-0.2, -0.15) is 0 Å². The SMILES string of the molecule is NCC(Cc1cn2ccsc2n1)c1cccc(Cl)c1. The molecule has 0 saturated heterocycles. The molecule has 2 heterocycles. The van der Waals surface area contributed by atoms with Gasteiger partial charge in [0.05, 0.1) is 5.69 Å². The second-order valence-electron chi connectivity index (χ2n) is 4.52. The molecule has 3 nitrogen and oxygen atoms in total. The predicted octanol–water partition coefficient (Wildman–Crippen LogP) is 3.33. The summed E-state index contributed by atoms with van der Waals surface area (Å²) in [5, 5.41) is 2.78. The smallest absolute Gasteiger partial charge is 0.193 e. The van der Waals surface area contributed by atoms with E-state index in [1.165, 1.54) is 5.56 Å². The third-order valence-corrected chi connectivity index (χ3v) is 4.21. The maximum Gasteiger partial charge on any atom is 0.193 e. The van der Waals surface area contributed by atoms with Crippen molar-refractivity contribution in [3.8, 4) is 0 Å². The average Bonchev–Trinajstić information content (AvgIpc) is 2.96. The van der Waals surface area contributed by atoms with Crippen molar-refractivity contribution in [1.82, 2.24) is 9.38 Å². The van der Waals surface area contributed by atoms with Gasteiger partial charge in [0.25, 0.3) is 0 Å². The van der Waals surface area contributed by atoms with E-state index in [4.69, 9.17) is 17.3 Å². The minimum atomic E-state index is 0.253. The topological polar surface area (TPSA) is 43.3 Å². The first-order chi connectivity index (χ1) is 9.26. The molecule has 0 aliphatic heterocycles. The number of halogens is 1. The molecule has 5 heteroatoms. The number of imidazole rings is 1. The number of hydrogen-bond acceptors (Lipinski definition) is 3. The number of hydrogen-bond donors (Lipinski definition) is 1. The fourth-order valence-electron chi connectivity index (χ4n) is 2.22. The molecule has 0 radical (unpaired) electrons. The van der Waals surface area contributed by atoms with Crippen LogP contribution in [0.25, 0.3) is 4.96 Å². The molecule has 19 heavy (non-hydrogen) atoms. The van der Waals surface area contributed by atoms with Crippen molar-refractivity contribution in [3.05, 3.63) is 58.3 Å². The fourth-order valence-corrected chi connectivity index (χ4v) is 3.14. The van der Waals surface area contributed by atoms with Crippen LogP contribution in [-0.4, -0.2) is 15.9 Å². The number of fused-ring (bicyclic) bond motifs is 1. The lowest BCUT2D eigenvalue weighted by molar-refractivity contribution is 0.685. The molecule has 0 saturated carbocycles. The Morgan fingerprint density at radius 2 is 2.32 bits per heavy atom. The van der Waals surface area contributed by atoms with Crippen LogP contribution in [0.15, 0.2) is 42.0 Å². The molecule has 0 aliphatic carbocycles. The molecule has 2 aromatic heterocycles. The number of nitrogens with two attached hydrogens (primary N) is 1. The minimum absolute atomic E-state index is 0.253. The summed E-state index contributed by atoms with van der Waals surface area (Å²) in [6.45, 7) is 0.589. The summed E-state index contributed by atoms with van der Waals surface area (Å²) in [4.78, 5) is 5.63. The van der Waals surface area contributed by atoms with Crippen LogP contribution >= 0.6 is 22.9 Å². The van der Waals surface area contributed by atoms with Crippen LogP contribution < -0.4 is 5.73 Å². The summed E-state index contributed by atoms with van der Waals surface area (Å²) in [5.41, 5.74) is 8.14. The summed E-state index contributed by atoms with van der Waals surface area (Å²) in [5.74, 6) is 0.253. The van der Waals surface area contributed by atoms with Gasteiger partial charge in [-0.1, -0.05) is 23.7 Å². The lowest BCUT2D eigenvalue weighted by Gasteiger charge is -2.14. The second-order valence-corrected chi connectivity index (χ2v) is 5.83. The highest BCUT2D eigenvalue weighted by molar-refractivity contribution is 7.15. The summed E-state index contributed by atoms with van der Waals surface area (Å²) in [6.07, 6.45) is 4.93. The third kappa shape index (κ3) is 2.66. The average molecular weight is 292 g/mol. The maximum absolute atomic E-state index is 6.04. The van der Waals surface area contributed by atoms with Gasteiger partial charge in [-0.15, -0.1) is 11.3 Å². The molecule has 0 bridgehead atoms. The Kier molecular flexibility index (Phi) is 3.55. The number of thiazole rings is 1. The zero-order valence-corrected chi connectivity index (χ0v) is 11.9. The van der Waals surface area contributed by atoms with Gasteiger partial charge >= 0.3 is 0 Å². The molecule has 98 valence electrons. The third-order valence-electron chi connectivity index (χ3n) is 3.20. The van der Waals surface area contributed by atoms with Gasteiger partial charge in [-0.05, 0) is 30.7 Å². The fraction of sp³-hybridized carbons (Fsp3) is 0.214. The Labute approximate surface area is 120 Å². The number of nitrogens with zero attached hydrogens (tertiary/aromatic N) is 2. The molecule has 1 atom stereocenters. The molecule has 0 aliphatic rings. The van der Waals surface area contributed by atoms with Gasteiger partial charge in [0.2, 0.25) is 0 Å². The van der Waals surface area contributed by atoms with E-state index in [1.807, 2.05) is 34.2 Å². The Morgan fingerprint density at radius 1 is 1.42 bits per heavy atom. The van der Waals surface area contributed by atoms with E-state index in [-0.39, 0.29) is 5.92 Å². The second kappa shape index (κ2) is 5.33. The monoisotopic (exact) mass is 291 g/mol. The summed E-state index contributed by atoms with van der Waals surface area (Å²) < 4.78 is 2.05. The molecule has 3 rings (SSSR count). The van der Waals surface area contributed by atoms with Crippen molar-refractivity contribution >= 4 is 27.9 Å². The Balaban J connectivity index is 1.85. The van der Waals surface area contributed by atoms with E-state index in [1.54, 1.807) is 11.3 Å². The van der Waals surface area contributed by atoms with E-state index in [9.17, 15) is 0 Å². The zero-order chi connectivity index (χ0) is 13.2. The standard InChI is InChI=1S/C14H14ClN3S/c15-12-3-1-2-10(6-12)11(8-16)7-13-9-18-4-5-19-14(18)17-13/h1-6,9,11H,7-8,16H2. The molecule has 0 spiro atoms. The minimum Gasteiger partial charge on any atom is -0.330 e. The first kappa shape index (κ1) is 12.7. The molecular weight excluding hydrogens is 278 g/mol. The molecule has 2 N–H and O–H groups in total. The van der Waals surface area contributed by atoms with Crippen LogP contribution in [0.5, 0.6) is 0 Å². The number of aromatic nitrogens is 2.